The van der Waals surface area contributed by atoms with Crippen molar-refractivity contribution in [3.8, 4) is 5.75 Å². The van der Waals surface area contributed by atoms with Crippen molar-refractivity contribution >= 4 is 5.91 Å². The molecule has 0 aromatic heterocycles. The Morgan fingerprint density at radius 1 is 1.21 bits per heavy atom. The zero-order valence-electron chi connectivity index (χ0n) is 12.0. The van der Waals surface area contributed by atoms with E-state index in [4.69, 9.17) is 4.74 Å². The minimum Gasteiger partial charge on any atom is -0.481 e. The Balaban J connectivity index is 2.08. The van der Waals surface area contributed by atoms with Gasteiger partial charge in [0.2, 0.25) is 0 Å². The number of nitrogens with one attached hydrogen (secondary N) is 1. The topological polar surface area (TPSA) is 38.3 Å². The zero-order chi connectivity index (χ0) is 13.8. The van der Waals surface area contributed by atoms with Gasteiger partial charge in [-0.05, 0) is 63.6 Å². The molecule has 0 unspecified atom stereocenters. The summed E-state index contributed by atoms with van der Waals surface area (Å²) in [6.07, 6.45) is 4.19. The van der Waals surface area contributed by atoms with Crippen LogP contribution in [-0.4, -0.2) is 18.1 Å². The van der Waals surface area contributed by atoms with E-state index in [0.29, 0.717) is 0 Å². The summed E-state index contributed by atoms with van der Waals surface area (Å²) < 4.78 is 5.86. The molecule has 0 saturated carbocycles. The number of aryl methyl sites for hydroxylation is 1. The molecule has 104 valence electrons. The van der Waals surface area contributed by atoms with Gasteiger partial charge < -0.3 is 10.1 Å². The van der Waals surface area contributed by atoms with Crippen LogP contribution in [0.3, 0.4) is 0 Å². The third kappa shape index (κ3) is 3.49. The molecule has 0 heterocycles. The Morgan fingerprint density at radius 2 is 1.95 bits per heavy atom. The second-order valence-corrected chi connectivity index (χ2v) is 5.52. The Labute approximate surface area is 115 Å². The van der Waals surface area contributed by atoms with Crippen LogP contribution in [0.15, 0.2) is 18.2 Å². The van der Waals surface area contributed by atoms with E-state index < -0.39 is 6.10 Å². The van der Waals surface area contributed by atoms with Gasteiger partial charge in [0.05, 0.1) is 0 Å². The molecule has 0 fully saturated rings. The number of carbonyl (C=O) groups excluding carboxylic acids is 1. The predicted octanol–water partition coefficient (Wildman–Crippen LogP) is 2.86. The summed E-state index contributed by atoms with van der Waals surface area (Å²) in [6, 6.07) is 6.30. The van der Waals surface area contributed by atoms with Crippen molar-refractivity contribution in [1.29, 1.82) is 0 Å². The van der Waals surface area contributed by atoms with E-state index in [1.807, 2.05) is 26.0 Å². The SMILES string of the molecule is CC(C)NC(=O)[C@H](C)Oc1cccc2c1CCCC2. The van der Waals surface area contributed by atoms with E-state index >= 15 is 0 Å². The molecule has 1 aromatic carbocycles. The zero-order valence-corrected chi connectivity index (χ0v) is 12.0. The molecular formula is C16H23NO2. The van der Waals surface area contributed by atoms with Crippen molar-refractivity contribution in [1.82, 2.24) is 5.32 Å². The van der Waals surface area contributed by atoms with Gasteiger partial charge in [0.15, 0.2) is 6.10 Å². The number of fused-ring (bicyclic) bond motifs is 1. The molecule has 1 amide bonds. The Bertz CT molecular complexity index is 454. The van der Waals surface area contributed by atoms with Crippen LogP contribution in [0.4, 0.5) is 0 Å². The molecule has 1 aromatic rings. The van der Waals surface area contributed by atoms with Crippen molar-refractivity contribution in [3.05, 3.63) is 29.3 Å². The second-order valence-electron chi connectivity index (χ2n) is 5.52. The monoisotopic (exact) mass is 261 g/mol. The highest BCUT2D eigenvalue weighted by Gasteiger charge is 2.19. The maximum absolute atomic E-state index is 11.9. The lowest BCUT2D eigenvalue weighted by atomic mass is 9.91. The molecule has 19 heavy (non-hydrogen) atoms. The molecule has 1 aliphatic rings. The number of amides is 1. The van der Waals surface area contributed by atoms with Gasteiger partial charge in [0, 0.05) is 6.04 Å². The molecule has 0 saturated heterocycles. The number of hydrogen-bond acceptors (Lipinski definition) is 2. The lowest BCUT2D eigenvalue weighted by molar-refractivity contribution is -0.127. The fraction of sp³-hybridized carbons (Fsp3) is 0.562. The standard InChI is InChI=1S/C16H23NO2/c1-11(2)17-16(18)12(3)19-15-10-6-8-13-7-4-5-9-14(13)15/h6,8,10-12H,4-5,7,9H2,1-3H3,(H,17,18)/t12-/m0/s1. The Kier molecular flexibility index (Phi) is 4.46. The van der Waals surface area contributed by atoms with Crippen LogP contribution in [0, 0.1) is 0 Å². The molecule has 1 N–H and O–H groups in total. The second kappa shape index (κ2) is 6.09. The molecule has 3 heteroatoms. The number of benzene rings is 1. The number of rotatable bonds is 4. The molecule has 1 atom stereocenters. The average Bonchev–Trinajstić information content (AvgIpc) is 2.38. The molecule has 0 bridgehead atoms. The van der Waals surface area contributed by atoms with E-state index in [0.717, 1.165) is 18.6 Å². The van der Waals surface area contributed by atoms with Crippen LogP contribution in [-0.2, 0) is 17.6 Å². The summed E-state index contributed by atoms with van der Waals surface area (Å²) >= 11 is 0. The highest BCUT2D eigenvalue weighted by atomic mass is 16.5. The first-order chi connectivity index (χ1) is 9.08. The molecule has 2 rings (SSSR count). The number of carbonyl (C=O) groups is 1. The minimum atomic E-state index is -0.448. The summed E-state index contributed by atoms with van der Waals surface area (Å²) in [7, 11) is 0. The predicted molar refractivity (Wildman–Crippen MR) is 76.5 cm³/mol. The van der Waals surface area contributed by atoms with Crippen molar-refractivity contribution in [2.45, 2.75) is 58.6 Å². The lowest BCUT2D eigenvalue weighted by Crippen LogP contribution is -2.40. The summed E-state index contributed by atoms with van der Waals surface area (Å²) in [6.45, 7) is 5.71. The van der Waals surface area contributed by atoms with Crippen molar-refractivity contribution in [2.75, 3.05) is 0 Å². The highest BCUT2D eigenvalue weighted by Crippen LogP contribution is 2.30. The van der Waals surface area contributed by atoms with Gasteiger partial charge in [0.25, 0.3) is 5.91 Å². The number of ether oxygens (including phenoxy) is 1. The molecule has 0 spiro atoms. The first-order valence-corrected chi connectivity index (χ1v) is 7.15. The maximum atomic E-state index is 11.9. The van der Waals surface area contributed by atoms with Gasteiger partial charge in [-0.1, -0.05) is 12.1 Å². The number of hydrogen-bond donors (Lipinski definition) is 1. The van der Waals surface area contributed by atoms with Crippen LogP contribution in [0.25, 0.3) is 0 Å². The van der Waals surface area contributed by atoms with E-state index in [-0.39, 0.29) is 11.9 Å². The molecule has 3 nitrogen and oxygen atoms in total. The van der Waals surface area contributed by atoms with Gasteiger partial charge in [-0.2, -0.15) is 0 Å². The quantitative estimate of drug-likeness (QED) is 0.905. The van der Waals surface area contributed by atoms with Crippen LogP contribution in [0.5, 0.6) is 5.75 Å². The Morgan fingerprint density at radius 3 is 2.68 bits per heavy atom. The van der Waals surface area contributed by atoms with Crippen molar-refractivity contribution in [3.63, 3.8) is 0 Å². The van der Waals surface area contributed by atoms with Crippen molar-refractivity contribution < 1.29 is 9.53 Å². The third-order valence-corrected chi connectivity index (χ3v) is 3.46. The van der Waals surface area contributed by atoms with E-state index in [1.54, 1.807) is 6.92 Å². The average molecular weight is 261 g/mol. The normalized spacial score (nSPS) is 15.8. The largest absolute Gasteiger partial charge is 0.481 e. The molecule has 1 aliphatic carbocycles. The molecule has 0 aliphatic heterocycles. The third-order valence-electron chi connectivity index (χ3n) is 3.46. The van der Waals surface area contributed by atoms with E-state index in [1.165, 1.54) is 24.0 Å². The highest BCUT2D eigenvalue weighted by molar-refractivity contribution is 5.81. The van der Waals surface area contributed by atoms with Crippen molar-refractivity contribution in [2.24, 2.45) is 0 Å². The maximum Gasteiger partial charge on any atom is 0.260 e. The first-order valence-electron chi connectivity index (χ1n) is 7.15. The van der Waals surface area contributed by atoms with Crippen LogP contribution >= 0.6 is 0 Å². The first kappa shape index (κ1) is 13.9. The van der Waals surface area contributed by atoms with Gasteiger partial charge in [-0.25, -0.2) is 0 Å². The van der Waals surface area contributed by atoms with Gasteiger partial charge in [0.1, 0.15) is 5.75 Å². The summed E-state index contributed by atoms with van der Waals surface area (Å²) in [5, 5.41) is 2.88. The smallest absolute Gasteiger partial charge is 0.260 e. The lowest BCUT2D eigenvalue weighted by Gasteiger charge is -2.22. The van der Waals surface area contributed by atoms with Crippen LogP contribution < -0.4 is 10.1 Å². The molecular weight excluding hydrogens is 238 g/mol. The summed E-state index contributed by atoms with van der Waals surface area (Å²) in [5.41, 5.74) is 2.66. The summed E-state index contributed by atoms with van der Waals surface area (Å²) in [4.78, 5) is 11.9. The van der Waals surface area contributed by atoms with E-state index in [2.05, 4.69) is 11.4 Å². The van der Waals surface area contributed by atoms with E-state index in [9.17, 15) is 4.79 Å². The molecule has 0 radical (unpaired) electrons. The van der Waals surface area contributed by atoms with Gasteiger partial charge in [-0.3, -0.25) is 4.79 Å². The van der Waals surface area contributed by atoms with Crippen LogP contribution in [0.1, 0.15) is 44.7 Å². The summed E-state index contributed by atoms with van der Waals surface area (Å²) in [5.74, 6) is 0.826. The van der Waals surface area contributed by atoms with Gasteiger partial charge >= 0.3 is 0 Å². The van der Waals surface area contributed by atoms with Gasteiger partial charge in [-0.15, -0.1) is 0 Å². The minimum absolute atomic E-state index is 0.0524. The fourth-order valence-corrected chi connectivity index (χ4v) is 2.50. The van der Waals surface area contributed by atoms with Crippen LogP contribution in [0.2, 0.25) is 0 Å². The fourth-order valence-electron chi connectivity index (χ4n) is 2.50. The Hall–Kier alpha value is -1.51.